The number of fused-ring (bicyclic) bond motifs is 3. The maximum atomic E-state index is 12.3. The Balaban J connectivity index is 0.907. The van der Waals surface area contributed by atoms with Crippen LogP contribution in [-0.4, -0.2) is 83.0 Å². The molecule has 0 radical (unpaired) electrons. The number of alkyl carbamates (subject to hydrolysis) is 1. The Morgan fingerprint density at radius 1 is 0.646 bits per heavy atom. The molecule has 0 atom stereocenters. The van der Waals surface area contributed by atoms with Crippen molar-refractivity contribution in [2.45, 2.75) is 38.5 Å². The first-order chi connectivity index (χ1) is 23.4. The molecule has 0 fully saturated rings. The van der Waals surface area contributed by atoms with Gasteiger partial charge in [0.05, 0.1) is 26.4 Å². The number of ether oxygens (including phenoxy) is 4. The molecule has 0 spiro atoms. The van der Waals surface area contributed by atoms with Gasteiger partial charge in [-0.2, -0.15) is 0 Å². The predicted octanol–water partition coefficient (Wildman–Crippen LogP) is 5.09. The molecule has 0 aromatic heterocycles. The highest BCUT2D eigenvalue weighted by molar-refractivity contribution is 5.97. The van der Waals surface area contributed by atoms with E-state index in [0.29, 0.717) is 76.8 Å². The number of benzene rings is 3. The van der Waals surface area contributed by atoms with Crippen LogP contribution in [0, 0.1) is 0 Å². The predicted molar refractivity (Wildman–Crippen MR) is 182 cm³/mol. The lowest BCUT2D eigenvalue weighted by Gasteiger charge is -2.14. The molecule has 0 saturated carbocycles. The first-order valence-electron chi connectivity index (χ1n) is 16.4. The van der Waals surface area contributed by atoms with Gasteiger partial charge in [0.2, 0.25) is 11.8 Å². The molecule has 3 amide bonds. The molecule has 1 aliphatic rings. The molecule has 11 nitrogen and oxygen atoms in total. The molecule has 1 aliphatic carbocycles. The zero-order valence-corrected chi connectivity index (χ0v) is 27.5. The maximum absolute atomic E-state index is 12.3. The molecule has 256 valence electrons. The summed E-state index contributed by atoms with van der Waals surface area (Å²) in [4.78, 5) is 47.8. The van der Waals surface area contributed by atoms with Gasteiger partial charge in [-0.05, 0) is 54.2 Å². The lowest BCUT2D eigenvalue weighted by Crippen LogP contribution is -2.27. The van der Waals surface area contributed by atoms with Crippen LogP contribution < -0.4 is 16.0 Å². The molecule has 4 rings (SSSR count). The summed E-state index contributed by atoms with van der Waals surface area (Å²) in [6.45, 7) is 5.38. The number of ketones is 1. The average Bonchev–Trinajstić information content (AvgIpc) is 3.41. The van der Waals surface area contributed by atoms with Gasteiger partial charge in [0.1, 0.15) is 6.61 Å². The molecule has 11 heteroatoms. The van der Waals surface area contributed by atoms with Crippen LogP contribution >= 0.6 is 0 Å². The zero-order valence-electron chi connectivity index (χ0n) is 27.5. The summed E-state index contributed by atoms with van der Waals surface area (Å²) in [5.41, 5.74) is 5.80. The molecule has 0 aliphatic heterocycles. The lowest BCUT2D eigenvalue weighted by atomic mass is 9.98. The molecule has 0 unspecified atom stereocenters. The Labute approximate surface area is 281 Å². The number of hydrogen-bond donors (Lipinski definition) is 3. The van der Waals surface area contributed by atoms with E-state index in [0.717, 1.165) is 0 Å². The van der Waals surface area contributed by atoms with Gasteiger partial charge in [-0.25, -0.2) is 4.79 Å². The fraction of sp³-hybridized carbons (Fsp3) is 0.405. The summed E-state index contributed by atoms with van der Waals surface area (Å²) in [6, 6.07) is 23.2. The summed E-state index contributed by atoms with van der Waals surface area (Å²) < 4.78 is 22.1. The highest BCUT2D eigenvalue weighted by Crippen LogP contribution is 2.44. The van der Waals surface area contributed by atoms with Gasteiger partial charge in [-0.1, -0.05) is 60.7 Å². The van der Waals surface area contributed by atoms with Crippen LogP contribution in [0.2, 0.25) is 0 Å². The normalized spacial score (nSPS) is 11.8. The van der Waals surface area contributed by atoms with Crippen molar-refractivity contribution in [3.05, 3.63) is 89.5 Å². The van der Waals surface area contributed by atoms with Crippen LogP contribution in [0.5, 0.6) is 0 Å². The second kappa shape index (κ2) is 19.9. The molecular weight excluding hydrogens is 614 g/mol. The molecule has 0 heterocycles. The first-order valence-corrected chi connectivity index (χ1v) is 16.4. The highest BCUT2D eigenvalue weighted by atomic mass is 16.6. The third kappa shape index (κ3) is 11.9. The number of carbonyl (C=O) groups is 4. The smallest absolute Gasteiger partial charge is 0.407 e. The van der Waals surface area contributed by atoms with Crippen molar-refractivity contribution in [3.8, 4) is 11.1 Å². The summed E-state index contributed by atoms with van der Waals surface area (Å²) in [7, 11) is 0. The Hall–Kier alpha value is -4.58. The minimum absolute atomic E-state index is 0.0364. The molecule has 48 heavy (non-hydrogen) atoms. The number of anilines is 1. The van der Waals surface area contributed by atoms with E-state index < -0.39 is 6.09 Å². The fourth-order valence-corrected chi connectivity index (χ4v) is 5.31. The molecule has 0 bridgehead atoms. The molecule has 3 aromatic rings. The Morgan fingerprint density at radius 3 is 1.83 bits per heavy atom. The third-order valence-electron chi connectivity index (χ3n) is 7.74. The van der Waals surface area contributed by atoms with Crippen molar-refractivity contribution in [2.24, 2.45) is 0 Å². The van der Waals surface area contributed by atoms with Crippen LogP contribution in [0.4, 0.5) is 10.5 Å². The van der Waals surface area contributed by atoms with Crippen molar-refractivity contribution >= 4 is 29.4 Å². The van der Waals surface area contributed by atoms with E-state index in [1.165, 1.54) is 29.2 Å². The van der Waals surface area contributed by atoms with Gasteiger partial charge in [0.15, 0.2) is 5.78 Å². The maximum Gasteiger partial charge on any atom is 0.407 e. The Kier molecular flexibility index (Phi) is 15.1. The summed E-state index contributed by atoms with van der Waals surface area (Å²) >= 11 is 0. The number of Topliss-reactive ketones (excluding diaryl/α,β-unsaturated/α-hetero) is 1. The summed E-state index contributed by atoms with van der Waals surface area (Å²) in [5.74, 6) is -0.546. The number of nitrogens with one attached hydrogen (secondary N) is 3. The van der Waals surface area contributed by atoms with Gasteiger partial charge in [0, 0.05) is 56.3 Å². The molecule has 0 saturated heterocycles. The number of carbonyl (C=O) groups excluding carboxylic acids is 4. The number of amides is 3. The van der Waals surface area contributed by atoms with E-state index in [1.807, 2.05) is 24.3 Å². The van der Waals surface area contributed by atoms with Crippen LogP contribution in [0.1, 0.15) is 60.0 Å². The van der Waals surface area contributed by atoms with E-state index in [2.05, 4.69) is 40.2 Å². The van der Waals surface area contributed by atoms with E-state index in [4.69, 9.17) is 18.9 Å². The van der Waals surface area contributed by atoms with E-state index in [1.54, 1.807) is 24.3 Å². The second-order valence-corrected chi connectivity index (χ2v) is 11.3. The van der Waals surface area contributed by atoms with Gasteiger partial charge < -0.3 is 34.9 Å². The van der Waals surface area contributed by atoms with Gasteiger partial charge in [-0.15, -0.1) is 0 Å². The van der Waals surface area contributed by atoms with Crippen LogP contribution in [-0.2, 0) is 28.5 Å². The van der Waals surface area contributed by atoms with Crippen molar-refractivity contribution in [2.75, 3.05) is 64.7 Å². The van der Waals surface area contributed by atoms with Crippen molar-refractivity contribution in [1.29, 1.82) is 0 Å². The highest BCUT2D eigenvalue weighted by Gasteiger charge is 2.28. The van der Waals surface area contributed by atoms with E-state index >= 15 is 0 Å². The molecule has 3 aromatic carbocycles. The van der Waals surface area contributed by atoms with Crippen LogP contribution in [0.3, 0.4) is 0 Å². The quantitative estimate of drug-likeness (QED) is 0.106. The van der Waals surface area contributed by atoms with Crippen LogP contribution in [0.15, 0.2) is 72.8 Å². The largest absolute Gasteiger partial charge is 0.449 e. The van der Waals surface area contributed by atoms with Gasteiger partial charge in [0.25, 0.3) is 0 Å². The topological polar surface area (TPSA) is 141 Å². The Morgan fingerprint density at radius 2 is 1.21 bits per heavy atom. The SMILES string of the molecule is CC(=O)c1cccc(NC(=O)CCC(=O)NCCCOCCOCCOCCCNC(=O)OCC2c3ccccc3-c3ccccc32)c1. The summed E-state index contributed by atoms with van der Waals surface area (Å²) in [5, 5.41) is 8.26. The second-order valence-electron chi connectivity index (χ2n) is 11.3. The lowest BCUT2D eigenvalue weighted by molar-refractivity contribution is -0.124. The Bertz CT molecular complexity index is 1470. The average molecular weight is 660 g/mol. The number of rotatable bonds is 21. The van der Waals surface area contributed by atoms with Gasteiger partial charge >= 0.3 is 6.09 Å². The van der Waals surface area contributed by atoms with E-state index in [-0.39, 0.29) is 43.0 Å². The standard InChI is InChI=1S/C37H45N3O8/c1-27(41)28-9-6-10-29(25-28)40-36(43)16-15-35(42)38-17-7-19-45-21-23-47-24-22-46-20-8-18-39-37(44)48-26-34-32-13-4-2-11-30(32)31-12-3-5-14-33(31)34/h2-6,9-14,25,34H,7-8,15-24,26H2,1H3,(H,38,42)(H,39,44)(H,40,43). The number of hydrogen-bond acceptors (Lipinski definition) is 8. The molecule has 3 N–H and O–H groups in total. The fourth-order valence-electron chi connectivity index (χ4n) is 5.31. The van der Waals surface area contributed by atoms with E-state index in [9.17, 15) is 19.2 Å². The van der Waals surface area contributed by atoms with Gasteiger partial charge in [-0.3, -0.25) is 14.4 Å². The van der Waals surface area contributed by atoms with Crippen molar-refractivity contribution < 1.29 is 38.1 Å². The third-order valence-corrected chi connectivity index (χ3v) is 7.74. The van der Waals surface area contributed by atoms with Crippen molar-refractivity contribution in [3.63, 3.8) is 0 Å². The summed E-state index contributed by atoms with van der Waals surface area (Å²) in [6.07, 6.45) is 0.991. The zero-order chi connectivity index (χ0) is 34.0. The van der Waals surface area contributed by atoms with Crippen LogP contribution in [0.25, 0.3) is 11.1 Å². The minimum Gasteiger partial charge on any atom is -0.449 e. The first kappa shape index (κ1) is 36.3. The monoisotopic (exact) mass is 659 g/mol. The minimum atomic E-state index is -0.433. The van der Waals surface area contributed by atoms with Crippen molar-refractivity contribution in [1.82, 2.24) is 10.6 Å². The molecular formula is C37H45N3O8.